The Hall–Kier alpha value is -0.900. The Labute approximate surface area is 115 Å². The van der Waals surface area contributed by atoms with Gasteiger partial charge < -0.3 is 4.90 Å². The molecule has 98 valence electrons. The first-order valence-electron chi connectivity index (χ1n) is 6.24. The zero-order chi connectivity index (χ0) is 13.3. The first kappa shape index (κ1) is 13.5. The normalized spacial score (nSPS) is 17.0. The van der Waals surface area contributed by atoms with Crippen molar-refractivity contribution in [1.29, 1.82) is 0 Å². The fourth-order valence-electron chi connectivity index (χ4n) is 2.16. The molecule has 0 unspecified atom stereocenters. The van der Waals surface area contributed by atoms with Gasteiger partial charge in [-0.3, -0.25) is 4.79 Å². The van der Waals surface area contributed by atoms with Crippen LogP contribution in [0.2, 0.25) is 0 Å². The first-order chi connectivity index (χ1) is 8.49. The van der Waals surface area contributed by atoms with E-state index in [1.54, 1.807) is 13.0 Å². The Bertz CT molecular complexity index is 444. The third-order valence-corrected chi connectivity index (χ3v) is 4.42. The molecule has 0 atom stereocenters. The lowest BCUT2D eigenvalue weighted by atomic mass is 9.98. The maximum Gasteiger partial charge on any atom is 0.253 e. The van der Waals surface area contributed by atoms with Crippen molar-refractivity contribution in [2.45, 2.75) is 26.7 Å². The molecule has 2 rings (SSSR count). The van der Waals surface area contributed by atoms with Crippen LogP contribution in [-0.2, 0) is 0 Å². The van der Waals surface area contributed by atoms with Gasteiger partial charge in [0.15, 0.2) is 0 Å². The van der Waals surface area contributed by atoms with Gasteiger partial charge in [-0.15, -0.1) is 0 Å². The van der Waals surface area contributed by atoms with Crippen molar-refractivity contribution < 1.29 is 9.18 Å². The van der Waals surface area contributed by atoms with E-state index in [0.717, 1.165) is 25.9 Å². The number of carbonyl (C=O) groups excluding carboxylic acids is 1. The molecule has 2 nitrogen and oxygen atoms in total. The zero-order valence-corrected chi connectivity index (χ0v) is 12.3. The van der Waals surface area contributed by atoms with Crippen LogP contribution >= 0.6 is 15.9 Å². The average Bonchev–Trinajstić information content (AvgIpc) is 2.35. The summed E-state index contributed by atoms with van der Waals surface area (Å²) in [5.74, 6) is 0.273. The molecule has 0 spiro atoms. The highest BCUT2D eigenvalue weighted by atomic mass is 79.9. The summed E-state index contributed by atoms with van der Waals surface area (Å²) < 4.78 is 14.3. The highest BCUT2D eigenvalue weighted by Crippen LogP contribution is 2.23. The van der Waals surface area contributed by atoms with Gasteiger partial charge in [0.25, 0.3) is 5.91 Å². The number of halogens is 2. The fraction of sp³-hybridized carbons (Fsp3) is 0.500. The number of nitrogens with zero attached hydrogens (tertiary/aromatic N) is 1. The number of piperidine rings is 1. The quantitative estimate of drug-likeness (QED) is 0.773. The van der Waals surface area contributed by atoms with Crippen molar-refractivity contribution in [2.75, 3.05) is 13.1 Å². The largest absolute Gasteiger partial charge is 0.339 e. The van der Waals surface area contributed by atoms with E-state index in [1.165, 1.54) is 6.07 Å². The monoisotopic (exact) mass is 313 g/mol. The third-order valence-electron chi connectivity index (χ3n) is 3.60. The number of likely N-dealkylation sites (tertiary alicyclic amines) is 1. The molecular weight excluding hydrogens is 297 g/mol. The van der Waals surface area contributed by atoms with Gasteiger partial charge in [-0.2, -0.15) is 0 Å². The molecule has 1 aromatic rings. The molecule has 4 heteroatoms. The minimum atomic E-state index is -0.335. The highest BCUT2D eigenvalue weighted by molar-refractivity contribution is 9.10. The second kappa shape index (κ2) is 5.39. The molecular formula is C14H17BrFNO. The van der Waals surface area contributed by atoms with Crippen LogP contribution in [0, 0.1) is 18.7 Å². The smallest absolute Gasteiger partial charge is 0.253 e. The number of hydrogen-bond donors (Lipinski definition) is 0. The van der Waals surface area contributed by atoms with Crippen LogP contribution in [0.1, 0.15) is 35.7 Å². The van der Waals surface area contributed by atoms with Gasteiger partial charge in [0.1, 0.15) is 5.82 Å². The molecule has 1 saturated heterocycles. The van der Waals surface area contributed by atoms with Crippen molar-refractivity contribution in [2.24, 2.45) is 5.92 Å². The fourth-order valence-corrected chi connectivity index (χ4v) is 2.60. The Morgan fingerprint density at radius 2 is 2.00 bits per heavy atom. The van der Waals surface area contributed by atoms with Crippen LogP contribution in [0.15, 0.2) is 16.6 Å². The van der Waals surface area contributed by atoms with Gasteiger partial charge in [0.2, 0.25) is 0 Å². The molecule has 0 bridgehead atoms. The van der Waals surface area contributed by atoms with Gasteiger partial charge in [-0.1, -0.05) is 22.9 Å². The predicted molar refractivity (Wildman–Crippen MR) is 73.1 cm³/mol. The lowest BCUT2D eigenvalue weighted by Gasteiger charge is -2.30. The Morgan fingerprint density at radius 3 is 2.56 bits per heavy atom. The second-order valence-electron chi connectivity index (χ2n) is 5.04. The average molecular weight is 314 g/mol. The van der Waals surface area contributed by atoms with Crippen molar-refractivity contribution in [3.8, 4) is 0 Å². The molecule has 0 radical (unpaired) electrons. The van der Waals surface area contributed by atoms with E-state index in [0.29, 0.717) is 21.5 Å². The Morgan fingerprint density at radius 1 is 1.39 bits per heavy atom. The zero-order valence-electron chi connectivity index (χ0n) is 10.7. The van der Waals surface area contributed by atoms with Crippen LogP contribution in [-0.4, -0.2) is 23.9 Å². The third kappa shape index (κ3) is 2.74. The summed E-state index contributed by atoms with van der Waals surface area (Å²) in [6, 6.07) is 3.04. The van der Waals surface area contributed by atoms with Crippen molar-refractivity contribution in [3.05, 3.63) is 33.5 Å². The molecule has 0 aromatic heterocycles. The number of hydrogen-bond acceptors (Lipinski definition) is 1. The maximum absolute atomic E-state index is 13.6. The minimum Gasteiger partial charge on any atom is -0.339 e. The maximum atomic E-state index is 13.6. The van der Waals surface area contributed by atoms with Crippen molar-refractivity contribution >= 4 is 21.8 Å². The molecule has 1 amide bonds. The number of benzene rings is 1. The summed E-state index contributed by atoms with van der Waals surface area (Å²) in [7, 11) is 0. The number of rotatable bonds is 1. The van der Waals surface area contributed by atoms with Crippen molar-refractivity contribution in [3.63, 3.8) is 0 Å². The predicted octanol–water partition coefficient (Wildman–Crippen LogP) is 3.77. The molecule has 18 heavy (non-hydrogen) atoms. The van der Waals surface area contributed by atoms with E-state index < -0.39 is 0 Å². The van der Waals surface area contributed by atoms with E-state index in [9.17, 15) is 9.18 Å². The Balaban J connectivity index is 2.19. The number of carbonyl (C=O) groups is 1. The van der Waals surface area contributed by atoms with Gasteiger partial charge in [-0.05, 0) is 43.4 Å². The van der Waals surface area contributed by atoms with E-state index in [1.807, 2.05) is 4.90 Å². The van der Waals surface area contributed by atoms with Gasteiger partial charge in [-0.25, -0.2) is 4.39 Å². The first-order valence-corrected chi connectivity index (χ1v) is 7.03. The van der Waals surface area contributed by atoms with Crippen LogP contribution in [0.4, 0.5) is 4.39 Å². The van der Waals surface area contributed by atoms with Crippen molar-refractivity contribution in [1.82, 2.24) is 4.90 Å². The summed E-state index contributed by atoms with van der Waals surface area (Å²) in [5.41, 5.74) is 0.971. The standard InChI is InChI=1S/C14H17BrFNO/c1-9-3-5-17(6-4-9)14(18)11-7-12(15)10(2)13(16)8-11/h7-9H,3-6H2,1-2H3. The molecule has 0 N–H and O–H groups in total. The lowest BCUT2D eigenvalue weighted by molar-refractivity contribution is 0.0696. The van der Waals surface area contributed by atoms with Gasteiger partial charge >= 0.3 is 0 Å². The molecule has 1 aliphatic rings. The molecule has 1 fully saturated rings. The second-order valence-corrected chi connectivity index (χ2v) is 5.89. The van der Waals surface area contributed by atoms with Crippen LogP contribution in [0.5, 0.6) is 0 Å². The highest BCUT2D eigenvalue weighted by Gasteiger charge is 2.22. The number of amides is 1. The minimum absolute atomic E-state index is 0.0681. The molecule has 1 heterocycles. The van der Waals surface area contributed by atoms with Gasteiger partial charge in [0, 0.05) is 23.1 Å². The van der Waals surface area contributed by atoms with Crippen LogP contribution < -0.4 is 0 Å². The summed E-state index contributed by atoms with van der Waals surface area (Å²) in [4.78, 5) is 14.1. The van der Waals surface area contributed by atoms with E-state index in [4.69, 9.17) is 0 Å². The van der Waals surface area contributed by atoms with Crippen LogP contribution in [0.25, 0.3) is 0 Å². The summed E-state index contributed by atoms with van der Waals surface area (Å²) >= 11 is 3.29. The van der Waals surface area contributed by atoms with E-state index in [2.05, 4.69) is 22.9 Å². The van der Waals surface area contributed by atoms with Gasteiger partial charge in [0.05, 0.1) is 0 Å². The Kier molecular flexibility index (Phi) is 4.05. The van der Waals surface area contributed by atoms with E-state index in [-0.39, 0.29) is 11.7 Å². The molecule has 0 aliphatic carbocycles. The summed E-state index contributed by atoms with van der Waals surface area (Å²) in [5, 5.41) is 0. The van der Waals surface area contributed by atoms with E-state index >= 15 is 0 Å². The molecule has 1 aliphatic heterocycles. The lowest BCUT2D eigenvalue weighted by Crippen LogP contribution is -2.37. The molecule has 0 saturated carbocycles. The topological polar surface area (TPSA) is 20.3 Å². The molecule has 1 aromatic carbocycles. The van der Waals surface area contributed by atoms with Crippen LogP contribution in [0.3, 0.4) is 0 Å². The SMILES string of the molecule is Cc1c(F)cc(C(=O)N2CCC(C)CC2)cc1Br. The summed E-state index contributed by atoms with van der Waals surface area (Å²) in [6.07, 6.45) is 2.06. The summed E-state index contributed by atoms with van der Waals surface area (Å²) in [6.45, 7) is 5.43.